The van der Waals surface area contributed by atoms with Crippen molar-refractivity contribution < 1.29 is 68.4 Å². The third kappa shape index (κ3) is 18.4. The molecule has 25 heteroatoms. The average Bonchev–Trinajstić information content (AvgIpc) is 3.81. The number of thioether (sulfide) groups is 1. The number of nitrogens with zero attached hydrogens (tertiary/aromatic N) is 1. The van der Waals surface area contributed by atoms with Gasteiger partial charge in [0, 0.05) is 19.4 Å². The second-order valence-corrected chi connectivity index (χ2v) is 17.1. The summed E-state index contributed by atoms with van der Waals surface area (Å²) in [5.41, 5.74) is 11.6. The molecule has 0 unspecified atom stereocenters. The number of nitrogens with one attached hydrogen (secondary N) is 7. The van der Waals surface area contributed by atoms with Crippen LogP contribution in [-0.2, 0) is 54.4 Å². The number of carbonyl (C=O) groups is 10. The van der Waals surface area contributed by atoms with Crippen LogP contribution >= 0.6 is 11.8 Å². The Balaban J connectivity index is 2.31. The van der Waals surface area contributed by atoms with E-state index in [0.717, 1.165) is 0 Å². The maximum Gasteiger partial charge on any atom is 0.326 e. The largest absolute Gasteiger partial charge is 0.480 e. The maximum absolute atomic E-state index is 14.1. The van der Waals surface area contributed by atoms with E-state index in [1.807, 2.05) is 0 Å². The van der Waals surface area contributed by atoms with Crippen molar-refractivity contribution in [3.63, 3.8) is 0 Å². The number of likely N-dealkylation sites (tertiary alicyclic amines) is 1. The lowest BCUT2D eigenvalue weighted by Crippen LogP contribution is -2.61. The lowest BCUT2D eigenvalue weighted by molar-refractivity contribution is -0.142. The van der Waals surface area contributed by atoms with E-state index >= 15 is 0 Å². The fourth-order valence-electron chi connectivity index (χ4n) is 6.80. The van der Waals surface area contributed by atoms with Crippen LogP contribution in [0.25, 0.3) is 0 Å². The van der Waals surface area contributed by atoms with E-state index in [1.165, 1.54) is 23.6 Å². The molecule has 2 rings (SSSR count). The first-order chi connectivity index (χ1) is 31.7. The lowest BCUT2D eigenvalue weighted by atomic mass is 9.96. The van der Waals surface area contributed by atoms with E-state index in [-0.39, 0.29) is 25.8 Å². The van der Waals surface area contributed by atoms with Crippen molar-refractivity contribution in [3.8, 4) is 0 Å². The number of benzene rings is 1. The molecule has 24 nitrogen and oxygen atoms in total. The molecule has 0 aliphatic carbocycles. The molecule has 1 aromatic carbocycles. The van der Waals surface area contributed by atoms with Crippen molar-refractivity contribution in [1.29, 1.82) is 0 Å². The molecule has 1 heterocycles. The van der Waals surface area contributed by atoms with Gasteiger partial charge >= 0.3 is 5.97 Å². The van der Waals surface area contributed by atoms with Crippen LogP contribution in [0, 0.1) is 5.92 Å². The number of hydrogen-bond donors (Lipinski definition) is 13. The molecule has 0 saturated carbocycles. The van der Waals surface area contributed by atoms with Crippen LogP contribution in [0.2, 0.25) is 0 Å². The maximum atomic E-state index is 14.1. The van der Waals surface area contributed by atoms with Gasteiger partial charge in [-0.15, -0.1) is 0 Å². The summed E-state index contributed by atoms with van der Waals surface area (Å²) in [6.45, 7) is 2.34. The SMILES string of the molecule is CC[C@H](C)[C@H](NC(=O)[C@H](C)NC(=O)[C@@H]1CCCN1C(=O)[C@@H](N)CO)C(=O)N[C@@H](Cc1ccccc1)C(=O)N[C@@H](CCC(N)=O)C(=O)N[C@@H](CO)C(=O)N[C@@H](CO)C(=O)N[C@@H](CCSC)C(=O)O. The molecular weight excluding hydrogens is 901 g/mol. The second-order valence-electron chi connectivity index (χ2n) is 16.1. The van der Waals surface area contributed by atoms with Crippen LogP contribution in [0.1, 0.15) is 64.9 Å². The van der Waals surface area contributed by atoms with Gasteiger partial charge < -0.3 is 74.0 Å². The highest BCUT2D eigenvalue weighted by Gasteiger charge is 2.38. The summed E-state index contributed by atoms with van der Waals surface area (Å²) in [5, 5.41) is 55.6. The Bertz CT molecular complexity index is 1880. The highest BCUT2D eigenvalue weighted by molar-refractivity contribution is 7.98. The number of carboxylic acids is 1. The Morgan fingerprint density at radius 2 is 1.25 bits per heavy atom. The topological polar surface area (TPSA) is 391 Å². The summed E-state index contributed by atoms with van der Waals surface area (Å²) in [6.07, 6.45) is 1.85. The molecule has 1 aliphatic rings. The van der Waals surface area contributed by atoms with Gasteiger partial charge in [0.1, 0.15) is 54.4 Å². The fourth-order valence-corrected chi connectivity index (χ4v) is 7.27. The Labute approximate surface area is 392 Å². The molecule has 0 radical (unpaired) electrons. The zero-order valence-electron chi connectivity index (χ0n) is 38.0. The van der Waals surface area contributed by atoms with Crippen LogP contribution in [-0.4, -0.2) is 177 Å². The number of carbonyl (C=O) groups excluding carboxylic acids is 9. The molecule has 9 amide bonds. The number of aliphatic hydroxyl groups excluding tert-OH is 3. The Kier molecular flexibility index (Phi) is 24.8. The number of primary amides is 1. The van der Waals surface area contributed by atoms with E-state index in [9.17, 15) is 68.4 Å². The summed E-state index contributed by atoms with van der Waals surface area (Å²) < 4.78 is 0. The molecule has 1 saturated heterocycles. The first-order valence-electron chi connectivity index (χ1n) is 21.8. The molecule has 0 aromatic heterocycles. The molecule has 15 N–H and O–H groups in total. The van der Waals surface area contributed by atoms with Crippen LogP contribution in [0.15, 0.2) is 30.3 Å². The van der Waals surface area contributed by atoms with Gasteiger partial charge in [0.05, 0.1) is 19.8 Å². The van der Waals surface area contributed by atoms with Gasteiger partial charge in [0.25, 0.3) is 0 Å². The first-order valence-corrected chi connectivity index (χ1v) is 23.2. The number of aliphatic hydroxyl groups is 3. The lowest BCUT2D eigenvalue weighted by Gasteiger charge is -2.29. The van der Waals surface area contributed by atoms with Gasteiger partial charge in [-0.05, 0) is 56.1 Å². The van der Waals surface area contributed by atoms with Gasteiger partial charge in [-0.25, -0.2) is 4.79 Å². The minimum Gasteiger partial charge on any atom is -0.480 e. The molecular formula is C42H66N10O14S. The third-order valence-corrected chi connectivity index (χ3v) is 11.6. The number of amides is 9. The number of aliphatic carboxylic acids is 1. The Morgan fingerprint density at radius 1 is 0.716 bits per heavy atom. The van der Waals surface area contributed by atoms with E-state index in [1.54, 1.807) is 50.4 Å². The predicted molar refractivity (Wildman–Crippen MR) is 242 cm³/mol. The normalized spacial score (nSPS) is 17.4. The Morgan fingerprint density at radius 3 is 1.78 bits per heavy atom. The number of carboxylic acid groups (broad SMARTS) is 1. The van der Waals surface area contributed by atoms with E-state index in [2.05, 4.69) is 37.2 Å². The zero-order chi connectivity index (χ0) is 50.4. The van der Waals surface area contributed by atoms with Crippen molar-refractivity contribution in [2.24, 2.45) is 17.4 Å². The molecule has 1 aromatic rings. The standard InChI is InChI=1S/C42H66N10O14S/c1-5-22(2)33(51-34(57)23(3)45-39(62)31-12-9-16-52(31)41(64)25(43)19-53)40(63)48-28(18-24-10-7-6-8-11-24)36(59)46-26(13-14-32(44)56)35(58)49-30(21-55)38(61)50-29(20-54)37(60)47-27(42(65)66)15-17-67-4/h6-8,10-11,22-23,25-31,33,53-55H,5,9,12-21,43H2,1-4H3,(H2,44,56)(H,45,62)(H,46,59)(H,47,60)(H,48,63)(H,49,58)(H,50,61)(H,51,57)(H,65,66)/t22-,23-,25-,26-,27-,28-,29-,30-,31-,33-/m0/s1. The Hall–Kier alpha value is -5.89. The van der Waals surface area contributed by atoms with Crippen molar-refractivity contribution >= 4 is 70.9 Å². The van der Waals surface area contributed by atoms with E-state index < -0.39 is 152 Å². The number of hydrogen-bond acceptors (Lipinski definition) is 15. The molecule has 1 aliphatic heterocycles. The van der Waals surface area contributed by atoms with E-state index in [0.29, 0.717) is 24.2 Å². The quantitative estimate of drug-likeness (QED) is 0.0358. The third-order valence-electron chi connectivity index (χ3n) is 11.0. The minimum atomic E-state index is -1.80. The van der Waals surface area contributed by atoms with Crippen LogP contribution < -0.4 is 48.7 Å². The molecule has 67 heavy (non-hydrogen) atoms. The van der Waals surface area contributed by atoms with Crippen molar-refractivity contribution in [3.05, 3.63) is 35.9 Å². The average molecular weight is 967 g/mol. The van der Waals surface area contributed by atoms with Crippen molar-refractivity contribution in [2.45, 2.75) is 120 Å². The second kappa shape index (κ2) is 29.0. The van der Waals surface area contributed by atoms with Gasteiger partial charge in [0.15, 0.2) is 0 Å². The van der Waals surface area contributed by atoms with Gasteiger partial charge in [-0.3, -0.25) is 43.2 Å². The molecule has 0 bridgehead atoms. The summed E-state index contributed by atoms with van der Waals surface area (Å²) in [5.74, 6) is -9.56. The summed E-state index contributed by atoms with van der Waals surface area (Å²) in [4.78, 5) is 132. The molecule has 1 fully saturated rings. The monoisotopic (exact) mass is 966 g/mol. The van der Waals surface area contributed by atoms with E-state index in [4.69, 9.17) is 11.5 Å². The summed E-state index contributed by atoms with van der Waals surface area (Å²) in [6, 6.07) is -4.18. The smallest absolute Gasteiger partial charge is 0.326 e. The highest BCUT2D eigenvalue weighted by Crippen LogP contribution is 2.19. The van der Waals surface area contributed by atoms with Gasteiger partial charge in [0.2, 0.25) is 53.2 Å². The summed E-state index contributed by atoms with van der Waals surface area (Å²) >= 11 is 1.33. The van der Waals surface area contributed by atoms with Crippen molar-refractivity contribution in [1.82, 2.24) is 42.1 Å². The fraction of sp³-hybridized carbons (Fsp3) is 0.619. The van der Waals surface area contributed by atoms with Crippen LogP contribution in [0.4, 0.5) is 0 Å². The van der Waals surface area contributed by atoms with Gasteiger partial charge in [-0.1, -0.05) is 50.6 Å². The molecule has 374 valence electrons. The number of rotatable bonds is 29. The van der Waals surface area contributed by atoms with Gasteiger partial charge in [-0.2, -0.15) is 11.8 Å². The summed E-state index contributed by atoms with van der Waals surface area (Å²) in [7, 11) is 0. The number of nitrogens with two attached hydrogens (primary N) is 2. The zero-order valence-corrected chi connectivity index (χ0v) is 38.8. The molecule has 0 spiro atoms. The highest BCUT2D eigenvalue weighted by atomic mass is 32.2. The first kappa shape index (κ1) is 57.2. The van der Waals surface area contributed by atoms with Crippen LogP contribution in [0.5, 0.6) is 0 Å². The molecule has 10 atom stereocenters. The van der Waals surface area contributed by atoms with Crippen LogP contribution in [0.3, 0.4) is 0 Å². The van der Waals surface area contributed by atoms with Crippen molar-refractivity contribution in [2.75, 3.05) is 38.4 Å². The minimum absolute atomic E-state index is 0.0309. The predicted octanol–water partition coefficient (Wildman–Crippen LogP) is -4.91.